The van der Waals surface area contributed by atoms with Gasteiger partial charge < -0.3 is 14.9 Å². The molecule has 96 valence electrons. The summed E-state index contributed by atoms with van der Waals surface area (Å²) in [4.78, 5) is 12.4. The summed E-state index contributed by atoms with van der Waals surface area (Å²) in [5.41, 5.74) is 0. The van der Waals surface area contributed by atoms with Crippen LogP contribution in [-0.2, 0) is 4.74 Å². The molecule has 17 heavy (non-hydrogen) atoms. The number of esters is 1. The molecular weight excluding hydrogens is 260 g/mol. The van der Waals surface area contributed by atoms with Gasteiger partial charge in [0.05, 0.1) is 12.7 Å². The first-order valence-electron chi connectivity index (χ1n) is 5.34. The normalized spacial score (nSPS) is 14.4. The van der Waals surface area contributed by atoms with Crippen molar-refractivity contribution in [3.05, 3.63) is 21.9 Å². The zero-order chi connectivity index (χ0) is 12.8. The molecule has 1 aromatic heterocycles. The van der Waals surface area contributed by atoms with Crippen LogP contribution in [0, 0.1) is 0 Å². The number of hydrogen-bond donors (Lipinski definition) is 3. The third-order valence-corrected chi connectivity index (χ3v) is 3.58. The summed E-state index contributed by atoms with van der Waals surface area (Å²) in [6.45, 7) is 2.05. The van der Waals surface area contributed by atoms with Gasteiger partial charge in [-0.3, -0.25) is 0 Å². The lowest BCUT2D eigenvalue weighted by Gasteiger charge is -2.15. The van der Waals surface area contributed by atoms with Gasteiger partial charge in [-0.1, -0.05) is 0 Å². The number of thiophene rings is 1. The highest BCUT2D eigenvalue weighted by Gasteiger charge is 2.21. The number of aliphatic hydroxyl groups is 2. The van der Waals surface area contributed by atoms with Crippen LogP contribution in [0.3, 0.4) is 0 Å². The summed E-state index contributed by atoms with van der Waals surface area (Å²) >= 11 is 5.12. The minimum atomic E-state index is -0.977. The van der Waals surface area contributed by atoms with Gasteiger partial charge in [0, 0.05) is 4.88 Å². The van der Waals surface area contributed by atoms with E-state index in [0.717, 1.165) is 11.3 Å². The van der Waals surface area contributed by atoms with E-state index in [0.29, 0.717) is 28.5 Å². The molecule has 4 nitrogen and oxygen atoms in total. The summed E-state index contributed by atoms with van der Waals surface area (Å²) in [7, 11) is 0. The molecule has 1 aromatic rings. The standard InChI is InChI=1S/C11H16O4S2/c1-2-15-11(14)9-4-3-8(17-9)10(13)7(12)5-6-16/h3-4,7,10,12-13,16H,2,5-6H2,1H3. The molecule has 0 saturated heterocycles. The lowest BCUT2D eigenvalue weighted by atomic mass is 10.1. The fourth-order valence-corrected chi connectivity index (χ4v) is 2.51. The molecule has 0 fully saturated rings. The van der Waals surface area contributed by atoms with E-state index in [4.69, 9.17) is 4.74 Å². The number of ether oxygens (including phenoxy) is 1. The van der Waals surface area contributed by atoms with Crippen molar-refractivity contribution in [2.45, 2.75) is 25.6 Å². The van der Waals surface area contributed by atoms with Gasteiger partial charge in [-0.2, -0.15) is 12.6 Å². The van der Waals surface area contributed by atoms with Gasteiger partial charge in [-0.25, -0.2) is 4.79 Å². The maximum atomic E-state index is 11.4. The summed E-state index contributed by atoms with van der Waals surface area (Å²) in [6.07, 6.45) is -1.44. The van der Waals surface area contributed by atoms with Crippen LogP contribution in [0.15, 0.2) is 12.1 Å². The smallest absolute Gasteiger partial charge is 0.348 e. The topological polar surface area (TPSA) is 66.8 Å². The van der Waals surface area contributed by atoms with Gasteiger partial charge >= 0.3 is 5.97 Å². The highest BCUT2D eigenvalue weighted by Crippen LogP contribution is 2.27. The molecule has 0 aromatic carbocycles. The highest BCUT2D eigenvalue weighted by atomic mass is 32.1. The van der Waals surface area contributed by atoms with Crippen LogP contribution in [0.2, 0.25) is 0 Å². The Hall–Kier alpha value is -0.560. The third kappa shape index (κ3) is 3.99. The molecule has 0 radical (unpaired) electrons. The number of hydrogen-bond acceptors (Lipinski definition) is 6. The van der Waals surface area contributed by atoms with E-state index in [1.807, 2.05) is 0 Å². The summed E-state index contributed by atoms with van der Waals surface area (Å²) in [5.74, 6) is 0.0913. The first-order chi connectivity index (χ1) is 8.10. The van der Waals surface area contributed by atoms with Gasteiger partial charge in [0.2, 0.25) is 0 Å². The number of thiol groups is 1. The van der Waals surface area contributed by atoms with Gasteiger partial charge in [-0.05, 0) is 31.2 Å². The number of carbonyl (C=O) groups is 1. The average Bonchev–Trinajstić information content (AvgIpc) is 2.78. The summed E-state index contributed by atoms with van der Waals surface area (Å²) in [6, 6.07) is 3.22. The minimum absolute atomic E-state index is 0.316. The Morgan fingerprint density at radius 2 is 2.24 bits per heavy atom. The second-order valence-corrected chi connectivity index (χ2v) is 5.01. The van der Waals surface area contributed by atoms with Crippen molar-refractivity contribution in [2.75, 3.05) is 12.4 Å². The molecule has 1 heterocycles. The first kappa shape index (κ1) is 14.5. The van der Waals surface area contributed by atoms with Crippen LogP contribution in [0.1, 0.15) is 34.0 Å². The molecule has 0 bridgehead atoms. The Balaban J connectivity index is 2.70. The van der Waals surface area contributed by atoms with Crippen LogP contribution < -0.4 is 0 Å². The Morgan fingerprint density at radius 1 is 1.53 bits per heavy atom. The van der Waals surface area contributed by atoms with Crippen LogP contribution in [0.25, 0.3) is 0 Å². The lowest BCUT2D eigenvalue weighted by Crippen LogP contribution is -2.17. The van der Waals surface area contributed by atoms with Crippen molar-refractivity contribution in [2.24, 2.45) is 0 Å². The van der Waals surface area contributed by atoms with Gasteiger partial charge in [-0.15, -0.1) is 11.3 Å². The molecule has 0 saturated carbocycles. The Morgan fingerprint density at radius 3 is 2.82 bits per heavy atom. The Bertz CT molecular complexity index is 364. The van der Waals surface area contributed by atoms with E-state index in [9.17, 15) is 15.0 Å². The van der Waals surface area contributed by atoms with Crippen molar-refractivity contribution in [1.29, 1.82) is 0 Å². The van der Waals surface area contributed by atoms with Crippen molar-refractivity contribution in [3.8, 4) is 0 Å². The fourth-order valence-electron chi connectivity index (χ4n) is 1.30. The van der Waals surface area contributed by atoms with Gasteiger partial charge in [0.25, 0.3) is 0 Å². The van der Waals surface area contributed by atoms with Crippen LogP contribution in [0.5, 0.6) is 0 Å². The molecule has 0 amide bonds. The van der Waals surface area contributed by atoms with E-state index in [-0.39, 0.29) is 0 Å². The van der Waals surface area contributed by atoms with Crippen LogP contribution in [0.4, 0.5) is 0 Å². The molecule has 0 spiro atoms. The van der Waals surface area contributed by atoms with E-state index in [1.165, 1.54) is 0 Å². The molecule has 2 N–H and O–H groups in total. The van der Waals surface area contributed by atoms with Gasteiger partial charge in [0.15, 0.2) is 0 Å². The zero-order valence-corrected chi connectivity index (χ0v) is 11.2. The highest BCUT2D eigenvalue weighted by molar-refractivity contribution is 7.80. The number of aliphatic hydroxyl groups excluding tert-OH is 2. The van der Waals surface area contributed by atoms with Gasteiger partial charge in [0.1, 0.15) is 11.0 Å². The average molecular weight is 276 g/mol. The molecule has 6 heteroatoms. The quantitative estimate of drug-likeness (QED) is 0.546. The molecule has 1 rings (SSSR count). The molecule has 0 aliphatic heterocycles. The van der Waals surface area contributed by atoms with Crippen molar-refractivity contribution < 1.29 is 19.7 Å². The number of carbonyl (C=O) groups excluding carboxylic acids is 1. The molecule has 0 aliphatic rings. The zero-order valence-electron chi connectivity index (χ0n) is 9.50. The predicted molar refractivity (Wildman–Crippen MR) is 69.7 cm³/mol. The minimum Gasteiger partial charge on any atom is -0.462 e. The maximum absolute atomic E-state index is 11.4. The third-order valence-electron chi connectivity index (χ3n) is 2.18. The maximum Gasteiger partial charge on any atom is 0.348 e. The molecular formula is C11H16O4S2. The first-order valence-corrected chi connectivity index (χ1v) is 6.78. The van der Waals surface area contributed by atoms with Crippen molar-refractivity contribution in [3.63, 3.8) is 0 Å². The number of rotatable bonds is 6. The van der Waals surface area contributed by atoms with E-state index in [1.54, 1.807) is 19.1 Å². The molecule has 0 aliphatic carbocycles. The van der Waals surface area contributed by atoms with E-state index in [2.05, 4.69) is 12.6 Å². The molecule has 2 atom stereocenters. The van der Waals surface area contributed by atoms with Crippen molar-refractivity contribution >= 4 is 29.9 Å². The summed E-state index contributed by atoms with van der Waals surface area (Å²) in [5, 5.41) is 19.4. The van der Waals surface area contributed by atoms with E-state index >= 15 is 0 Å². The van der Waals surface area contributed by atoms with Crippen LogP contribution >= 0.6 is 24.0 Å². The summed E-state index contributed by atoms with van der Waals surface area (Å²) < 4.78 is 4.84. The second-order valence-electron chi connectivity index (χ2n) is 3.45. The predicted octanol–water partition coefficient (Wildman–Crippen LogP) is 1.64. The Labute approximate surface area is 110 Å². The monoisotopic (exact) mass is 276 g/mol. The van der Waals surface area contributed by atoms with E-state index < -0.39 is 18.2 Å². The largest absolute Gasteiger partial charge is 0.462 e. The lowest BCUT2D eigenvalue weighted by molar-refractivity contribution is 0.0194. The fraction of sp³-hybridized carbons (Fsp3) is 0.545. The van der Waals surface area contributed by atoms with Crippen LogP contribution in [-0.4, -0.2) is 34.6 Å². The Kier molecular flexibility index (Phi) is 5.97. The second kappa shape index (κ2) is 7.00. The van der Waals surface area contributed by atoms with Crippen molar-refractivity contribution in [1.82, 2.24) is 0 Å². The molecule has 2 unspecified atom stereocenters. The SMILES string of the molecule is CCOC(=O)c1ccc(C(O)C(O)CCS)s1.